The van der Waals surface area contributed by atoms with E-state index in [1.165, 1.54) is 0 Å². The molecular formula is C7H11FO3. The first-order valence-electron chi connectivity index (χ1n) is 3.55. The molecule has 0 bridgehead atoms. The van der Waals surface area contributed by atoms with Gasteiger partial charge in [-0.1, -0.05) is 6.92 Å². The van der Waals surface area contributed by atoms with Crippen molar-refractivity contribution < 1.29 is 19.0 Å². The molecule has 1 rings (SSSR count). The van der Waals surface area contributed by atoms with E-state index in [2.05, 4.69) is 0 Å². The largest absolute Gasteiger partial charge is 0.368 e. The van der Waals surface area contributed by atoms with E-state index < -0.39 is 24.7 Å². The number of carbonyl (C=O) groups is 1. The molecule has 0 radical (unpaired) electrons. The number of carbonyl (C=O) groups excluding carboxylic acids is 1. The van der Waals surface area contributed by atoms with Crippen LogP contribution in [0.5, 0.6) is 0 Å². The molecule has 1 aliphatic heterocycles. The Morgan fingerprint density at radius 3 is 2.82 bits per heavy atom. The van der Waals surface area contributed by atoms with Crippen LogP contribution in [0, 0.1) is 11.8 Å². The zero-order valence-electron chi connectivity index (χ0n) is 6.29. The van der Waals surface area contributed by atoms with Crippen molar-refractivity contribution in [2.45, 2.75) is 13.2 Å². The molecule has 11 heavy (non-hydrogen) atoms. The zero-order chi connectivity index (χ0) is 8.43. The fraction of sp³-hybridized carbons (Fsp3) is 0.857. The van der Waals surface area contributed by atoms with Crippen molar-refractivity contribution in [3.05, 3.63) is 0 Å². The van der Waals surface area contributed by atoms with E-state index in [0.717, 1.165) is 0 Å². The molecule has 3 nitrogen and oxygen atoms in total. The van der Waals surface area contributed by atoms with Crippen LogP contribution >= 0.6 is 0 Å². The molecule has 1 saturated heterocycles. The maximum absolute atomic E-state index is 11.9. The van der Waals surface area contributed by atoms with Crippen molar-refractivity contribution in [1.29, 1.82) is 0 Å². The molecule has 1 heterocycles. The number of aliphatic hydroxyl groups excluding tert-OH is 1. The molecule has 0 unspecified atom stereocenters. The molecule has 1 fully saturated rings. The van der Waals surface area contributed by atoms with Gasteiger partial charge >= 0.3 is 0 Å². The van der Waals surface area contributed by atoms with Gasteiger partial charge in [-0.25, -0.2) is 4.39 Å². The summed E-state index contributed by atoms with van der Waals surface area (Å²) in [5.74, 6) is -1.22. The molecule has 0 aromatic rings. The first kappa shape index (κ1) is 8.62. The van der Waals surface area contributed by atoms with Gasteiger partial charge in [0.2, 0.25) is 0 Å². The number of hydrogen-bond donors (Lipinski definition) is 1. The van der Waals surface area contributed by atoms with Crippen LogP contribution in [0.1, 0.15) is 6.92 Å². The third kappa shape index (κ3) is 1.57. The van der Waals surface area contributed by atoms with Gasteiger partial charge in [0.25, 0.3) is 0 Å². The molecule has 0 aromatic heterocycles. The minimum atomic E-state index is -0.967. The van der Waals surface area contributed by atoms with Crippen molar-refractivity contribution in [3.63, 3.8) is 0 Å². The monoisotopic (exact) mass is 162 g/mol. The Morgan fingerprint density at radius 2 is 2.45 bits per heavy atom. The quantitative estimate of drug-likeness (QED) is 0.627. The lowest BCUT2D eigenvalue weighted by Crippen LogP contribution is -2.24. The molecule has 0 aromatic carbocycles. The molecular weight excluding hydrogens is 151 g/mol. The van der Waals surface area contributed by atoms with Crippen LogP contribution in [0.4, 0.5) is 4.39 Å². The fourth-order valence-corrected chi connectivity index (χ4v) is 1.19. The van der Waals surface area contributed by atoms with Crippen molar-refractivity contribution in [1.82, 2.24) is 0 Å². The summed E-state index contributed by atoms with van der Waals surface area (Å²) in [5, 5.41) is 9.02. The summed E-state index contributed by atoms with van der Waals surface area (Å²) in [6, 6.07) is 0. The highest BCUT2D eigenvalue weighted by atomic mass is 19.1. The molecule has 4 heteroatoms. The molecule has 0 aliphatic carbocycles. The summed E-state index contributed by atoms with van der Waals surface area (Å²) < 4.78 is 16.6. The maximum atomic E-state index is 11.9. The van der Waals surface area contributed by atoms with Crippen LogP contribution in [0.25, 0.3) is 0 Å². The summed E-state index contributed by atoms with van der Waals surface area (Å²) in [7, 11) is 0. The maximum Gasteiger partial charge on any atom is 0.169 e. The van der Waals surface area contributed by atoms with Gasteiger partial charge in [-0.05, 0) is 0 Å². The summed E-state index contributed by atoms with van der Waals surface area (Å²) >= 11 is 0. The number of ether oxygens (including phenoxy) is 1. The van der Waals surface area contributed by atoms with Gasteiger partial charge in [-0.2, -0.15) is 0 Å². The molecule has 0 amide bonds. The van der Waals surface area contributed by atoms with Gasteiger partial charge in [0.15, 0.2) is 12.1 Å². The third-order valence-corrected chi connectivity index (χ3v) is 2.08. The average Bonchev–Trinajstić information content (AvgIpc) is 2.32. The van der Waals surface area contributed by atoms with E-state index in [9.17, 15) is 9.18 Å². The minimum Gasteiger partial charge on any atom is -0.368 e. The lowest BCUT2D eigenvalue weighted by molar-refractivity contribution is -0.124. The molecule has 64 valence electrons. The summed E-state index contributed by atoms with van der Waals surface area (Å²) in [6.07, 6.45) is -0.907. The molecule has 1 aliphatic rings. The van der Waals surface area contributed by atoms with Gasteiger partial charge in [0, 0.05) is 5.92 Å². The SMILES string of the molecule is C[C@@H]1[C@H](O)OC[C@H]1C(=O)CF. The Bertz CT molecular complexity index is 160. The number of ketones is 1. The lowest BCUT2D eigenvalue weighted by Gasteiger charge is -2.10. The second-order valence-corrected chi connectivity index (χ2v) is 2.79. The summed E-state index contributed by atoms with van der Waals surface area (Å²) in [4.78, 5) is 10.8. The molecule has 0 saturated carbocycles. The number of alkyl halides is 1. The topological polar surface area (TPSA) is 46.5 Å². The molecule has 0 spiro atoms. The number of hydrogen-bond acceptors (Lipinski definition) is 3. The molecule has 3 atom stereocenters. The predicted molar refractivity (Wildman–Crippen MR) is 35.6 cm³/mol. The van der Waals surface area contributed by atoms with Crippen molar-refractivity contribution in [2.75, 3.05) is 13.3 Å². The zero-order valence-corrected chi connectivity index (χ0v) is 6.29. The summed E-state index contributed by atoms with van der Waals surface area (Å²) in [6.45, 7) is 0.853. The van der Waals surface area contributed by atoms with Gasteiger partial charge < -0.3 is 9.84 Å². The van der Waals surface area contributed by atoms with Gasteiger partial charge in [0.1, 0.15) is 6.67 Å². The van der Waals surface area contributed by atoms with E-state index in [1.54, 1.807) is 6.92 Å². The Labute approximate surface area is 64.2 Å². The highest BCUT2D eigenvalue weighted by Gasteiger charge is 2.36. The van der Waals surface area contributed by atoms with E-state index in [4.69, 9.17) is 9.84 Å². The van der Waals surface area contributed by atoms with Crippen molar-refractivity contribution in [3.8, 4) is 0 Å². The van der Waals surface area contributed by atoms with E-state index in [0.29, 0.717) is 0 Å². The second-order valence-electron chi connectivity index (χ2n) is 2.79. The number of Topliss-reactive ketones (excluding diaryl/α,β-unsaturated/α-hetero) is 1. The first-order chi connectivity index (χ1) is 5.16. The highest BCUT2D eigenvalue weighted by molar-refractivity contribution is 5.82. The number of halogens is 1. The Hall–Kier alpha value is -0.480. The third-order valence-electron chi connectivity index (χ3n) is 2.08. The number of rotatable bonds is 2. The van der Waals surface area contributed by atoms with E-state index >= 15 is 0 Å². The van der Waals surface area contributed by atoms with Gasteiger partial charge in [-0.3, -0.25) is 4.79 Å². The Balaban J connectivity index is 2.54. The summed E-state index contributed by atoms with van der Waals surface area (Å²) in [5.41, 5.74) is 0. The van der Waals surface area contributed by atoms with Crippen LogP contribution in [0.2, 0.25) is 0 Å². The molecule has 1 N–H and O–H groups in total. The second kappa shape index (κ2) is 3.28. The Morgan fingerprint density at radius 1 is 1.82 bits per heavy atom. The van der Waals surface area contributed by atoms with Crippen LogP contribution in [-0.2, 0) is 9.53 Å². The Kier molecular flexibility index (Phi) is 2.57. The van der Waals surface area contributed by atoms with Crippen molar-refractivity contribution in [2.24, 2.45) is 11.8 Å². The smallest absolute Gasteiger partial charge is 0.169 e. The fourth-order valence-electron chi connectivity index (χ4n) is 1.19. The normalized spacial score (nSPS) is 37.5. The lowest BCUT2D eigenvalue weighted by atomic mass is 9.93. The van der Waals surface area contributed by atoms with Crippen LogP contribution < -0.4 is 0 Å². The standard InChI is InChI=1S/C7H11FO3/c1-4-5(6(9)2-8)3-11-7(4)10/h4-5,7,10H,2-3H2,1H3/t4-,5+,7+/m0/s1. The van der Waals surface area contributed by atoms with Crippen molar-refractivity contribution >= 4 is 5.78 Å². The van der Waals surface area contributed by atoms with Gasteiger partial charge in [-0.15, -0.1) is 0 Å². The van der Waals surface area contributed by atoms with E-state index in [1.807, 2.05) is 0 Å². The highest BCUT2D eigenvalue weighted by Crippen LogP contribution is 2.25. The number of aliphatic hydroxyl groups is 1. The minimum absolute atomic E-state index is 0.144. The first-order valence-corrected chi connectivity index (χ1v) is 3.55. The van der Waals surface area contributed by atoms with Crippen LogP contribution in [-0.4, -0.2) is 30.5 Å². The predicted octanol–water partition coefficient (Wildman–Crippen LogP) is 0.126. The average molecular weight is 162 g/mol. The van der Waals surface area contributed by atoms with Gasteiger partial charge in [0.05, 0.1) is 12.5 Å². The van der Waals surface area contributed by atoms with E-state index in [-0.39, 0.29) is 12.5 Å². The van der Waals surface area contributed by atoms with Crippen LogP contribution in [0.3, 0.4) is 0 Å². The van der Waals surface area contributed by atoms with Crippen LogP contribution in [0.15, 0.2) is 0 Å².